The Kier molecular flexibility index (Phi) is 45.0. The molecule has 0 spiro atoms. The number of Topliss-reactive ketones (excluding diaryl/α,β-unsaturated/α-hetero) is 2. The zero-order valence-corrected chi connectivity index (χ0v) is 56.2. The van der Waals surface area contributed by atoms with Crippen LogP contribution in [0.15, 0.2) is 53.5 Å². The molecule has 0 radical (unpaired) electrons. The van der Waals surface area contributed by atoms with Crippen LogP contribution in [-0.2, 0) is 55.5 Å². The molecule has 0 saturated carbocycles. The Morgan fingerprint density at radius 2 is 0.926 bits per heavy atom. The van der Waals surface area contributed by atoms with Gasteiger partial charge in [-0.15, -0.1) is 0 Å². The Bertz CT molecular complexity index is 2800. The normalized spacial score (nSPS) is 11.2. The van der Waals surface area contributed by atoms with Crippen LogP contribution in [0.25, 0.3) is 0 Å². The second kappa shape index (κ2) is 52.2. The highest BCUT2D eigenvalue weighted by atomic mass is 35.5. The number of unbranched alkanes of at least 4 members (excludes halogenated alkanes) is 5. The molecule has 0 aliphatic heterocycles. The second-order valence-corrected chi connectivity index (χ2v) is 21.7. The number of halogens is 2. The number of carbonyl (C=O) groups is 4. The van der Waals surface area contributed by atoms with Crippen molar-refractivity contribution >= 4 is 81.6 Å². The lowest BCUT2D eigenvalue weighted by atomic mass is 10.0. The van der Waals surface area contributed by atoms with Crippen molar-refractivity contribution in [1.82, 2.24) is 35.9 Å². The first-order valence-electron chi connectivity index (χ1n) is 32.1. The van der Waals surface area contributed by atoms with E-state index in [0.717, 1.165) is 87.7 Å². The summed E-state index contributed by atoms with van der Waals surface area (Å²) in [4.78, 5) is 67.4. The minimum atomic E-state index is -0.675. The maximum Gasteiger partial charge on any atom is 0.314 e. The number of ether oxygens (including phenoxy) is 10. The van der Waals surface area contributed by atoms with Gasteiger partial charge in [0.2, 0.25) is 0 Å². The zero-order chi connectivity index (χ0) is 68.2. The van der Waals surface area contributed by atoms with E-state index in [1.807, 2.05) is 50.2 Å². The number of aromatic nitrogens is 4. The summed E-state index contributed by atoms with van der Waals surface area (Å²) < 4.78 is 55.0. The van der Waals surface area contributed by atoms with Gasteiger partial charge in [-0.1, -0.05) is 67.2 Å². The average molecular weight is 1360 g/mol. The van der Waals surface area contributed by atoms with E-state index >= 15 is 0 Å². The number of anilines is 4. The van der Waals surface area contributed by atoms with Crippen molar-refractivity contribution in [2.45, 2.75) is 110 Å². The third kappa shape index (κ3) is 39.6. The number of benzene rings is 2. The third-order valence-electron chi connectivity index (χ3n) is 13.3. The van der Waals surface area contributed by atoms with Gasteiger partial charge in [-0.3, -0.25) is 24.7 Å². The second-order valence-electron chi connectivity index (χ2n) is 21.0. The zero-order valence-electron chi connectivity index (χ0n) is 54.7. The molecule has 0 aliphatic carbocycles. The van der Waals surface area contributed by atoms with Crippen LogP contribution >= 0.6 is 23.2 Å². The number of hydrogen-bond donors (Lipinski definition) is 9. The van der Waals surface area contributed by atoms with Gasteiger partial charge in [0.25, 0.3) is 5.91 Å². The number of nitrogens with zero attached hydrogens (tertiary/aromatic N) is 5. The minimum Gasteiger partial charge on any atom is -0.491 e. The molecular formula is C64H100Cl2N14O14. The number of carbonyl (C=O) groups excluding carboxylic acids is 4. The molecule has 524 valence electrons. The van der Waals surface area contributed by atoms with Gasteiger partial charge in [-0.2, -0.15) is 0 Å². The van der Waals surface area contributed by atoms with Crippen molar-refractivity contribution in [3.8, 4) is 11.5 Å². The van der Waals surface area contributed by atoms with Gasteiger partial charge in [0, 0.05) is 44.8 Å². The standard InChI is InChI=1S/C36H58ClN9O8.C28H42ClN5O6/c1-2-8-28(47)10-4-3-6-16-42-36(49)43-17-18-50-19-20-51-21-22-52-23-24-53-25-26-54-29-13-11-27(12-14-29)9-5-7-15-41-35(40)46-34(48)30-32(38)45-33(39)31(37)44-30;1-2-36-12-13-37-14-15-38-16-17-39-18-19-40-23-10-8-21(9-11-23)6-4-3-5-7-22(30)20-24(35)25-27(31)34-28(32)26(29)33-25/h11-14H,2-10,15-26H2,1H3,(H4,38,39,45)(H2,42,43,49)(H3,40,41,46,48);8-11,30H,2-7,12-20H2,1H3,(H4,31,32,34). The number of rotatable bonds is 53. The van der Waals surface area contributed by atoms with Crippen molar-refractivity contribution in [2.75, 3.05) is 161 Å². The fourth-order valence-electron chi connectivity index (χ4n) is 8.36. The third-order valence-corrected chi connectivity index (χ3v) is 13.8. The molecule has 2 aromatic carbocycles. The summed E-state index contributed by atoms with van der Waals surface area (Å²) in [5, 5.41) is 15.9. The van der Waals surface area contributed by atoms with Crippen LogP contribution in [0, 0.1) is 5.41 Å². The highest BCUT2D eigenvalue weighted by Crippen LogP contribution is 2.21. The van der Waals surface area contributed by atoms with Crippen LogP contribution < -0.4 is 54.1 Å². The summed E-state index contributed by atoms with van der Waals surface area (Å²) >= 11 is 11.6. The van der Waals surface area contributed by atoms with Crippen molar-refractivity contribution in [3.05, 3.63) is 81.4 Å². The lowest BCUT2D eigenvalue weighted by Gasteiger charge is -2.09. The van der Waals surface area contributed by atoms with Crippen molar-refractivity contribution in [3.63, 3.8) is 0 Å². The Hall–Kier alpha value is -7.12. The van der Waals surface area contributed by atoms with Crippen LogP contribution in [0.2, 0.25) is 10.3 Å². The number of urea groups is 1. The Balaban J connectivity index is 0.000000512. The molecule has 0 atom stereocenters. The quantitative estimate of drug-likeness (QED) is 0.00913. The molecule has 94 heavy (non-hydrogen) atoms. The first-order valence-corrected chi connectivity index (χ1v) is 32.8. The van der Waals surface area contributed by atoms with E-state index in [2.05, 4.69) is 53.0 Å². The molecular weight excluding hydrogens is 1260 g/mol. The SMILES string of the molecule is CCCC(=O)CCCCCNC(=O)NCCOCCOCCOCCOCCOc1ccc(CCCCN=C(N)NC(=O)c2nc(Cl)c(N)nc2N)cc1.CCOCCOCCOCCOCCOc1ccc(CCCCCC(=N)CC(=O)c2nc(Cl)c(N)nc2N)cc1. The monoisotopic (exact) mass is 1360 g/mol. The van der Waals surface area contributed by atoms with Gasteiger partial charge in [-0.05, 0) is 107 Å². The van der Waals surface area contributed by atoms with E-state index in [0.29, 0.717) is 169 Å². The minimum absolute atomic E-state index is 0.0254. The first-order chi connectivity index (χ1) is 45.6. The lowest BCUT2D eigenvalue weighted by molar-refractivity contribution is -0.119. The molecule has 0 aliphatic rings. The Morgan fingerprint density at radius 1 is 0.489 bits per heavy atom. The molecule has 0 saturated heterocycles. The summed E-state index contributed by atoms with van der Waals surface area (Å²) in [7, 11) is 0. The van der Waals surface area contributed by atoms with E-state index in [4.69, 9.17) is 105 Å². The molecule has 3 amide bonds. The van der Waals surface area contributed by atoms with Gasteiger partial charge < -0.3 is 92.1 Å². The van der Waals surface area contributed by atoms with Crippen LogP contribution in [0.3, 0.4) is 0 Å². The van der Waals surface area contributed by atoms with Crippen molar-refractivity contribution in [2.24, 2.45) is 10.7 Å². The number of hydrogen-bond acceptors (Lipinski definition) is 24. The number of ketones is 2. The molecule has 4 rings (SSSR count). The van der Waals surface area contributed by atoms with Crippen LogP contribution in [-0.4, -0.2) is 194 Å². The molecule has 2 heterocycles. The van der Waals surface area contributed by atoms with Crippen LogP contribution in [0.1, 0.15) is 129 Å². The predicted octanol–water partition coefficient (Wildman–Crippen LogP) is 7.19. The molecule has 0 unspecified atom stereocenters. The van der Waals surface area contributed by atoms with Gasteiger partial charge in [0.1, 0.15) is 30.5 Å². The topological polar surface area (TPSA) is 415 Å². The number of nitrogen functional groups attached to an aromatic ring is 4. The fraction of sp³-hybridized carbons (Fsp3) is 0.594. The molecule has 14 N–H and O–H groups in total. The summed E-state index contributed by atoms with van der Waals surface area (Å²) in [5.41, 5.74) is 30.8. The van der Waals surface area contributed by atoms with E-state index < -0.39 is 5.91 Å². The maximum absolute atomic E-state index is 12.4. The molecule has 28 nitrogen and oxygen atoms in total. The van der Waals surface area contributed by atoms with Gasteiger partial charge in [-0.25, -0.2) is 24.7 Å². The van der Waals surface area contributed by atoms with Crippen LogP contribution in [0.5, 0.6) is 11.5 Å². The van der Waals surface area contributed by atoms with E-state index in [9.17, 15) is 19.2 Å². The number of nitrogens with two attached hydrogens (primary N) is 5. The number of nitrogens with one attached hydrogen (secondary N) is 4. The van der Waals surface area contributed by atoms with Crippen molar-refractivity contribution < 1.29 is 66.5 Å². The number of aliphatic imine (C=N–C) groups is 1. The molecule has 30 heteroatoms. The smallest absolute Gasteiger partial charge is 0.314 e. The number of guanidine groups is 1. The highest BCUT2D eigenvalue weighted by molar-refractivity contribution is 6.32. The summed E-state index contributed by atoms with van der Waals surface area (Å²) in [6, 6.07) is 15.7. The Morgan fingerprint density at radius 3 is 1.44 bits per heavy atom. The van der Waals surface area contributed by atoms with Gasteiger partial charge in [0.15, 0.2) is 56.7 Å². The molecule has 0 bridgehead atoms. The van der Waals surface area contributed by atoms with Crippen LogP contribution in [0.4, 0.5) is 28.1 Å². The van der Waals surface area contributed by atoms with E-state index in [-0.39, 0.29) is 69.2 Å². The summed E-state index contributed by atoms with van der Waals surface area (Å²) in [6.07, 6.45) is 11.5. The summed E-state index contributed by atoms with van der Waals surface area (Å²) in [5.74, 6) is 0.446. The first kappa shape index (κ1) is 81.1. The highest BCUT2D eigenvalue weighted by Gasteiger charge is 2.19. The molecule has 4 aromatic rings. The molecule has 0 fully saturated rings. The van der Waals surface area contributed by atoms with Gasteiger partial charge >= 0.3 is 6.03 Å². The molecule has 2 aromatic heterocycles. The fourth-order valence-corrected chi connectivity index (χ4v) is 8.61. The van der Waals surface area contributed by atoms with Gasteiger partial charge in [0.05, 0.1) is 106 Å². The van der Waals surface area contributed by atoms with Crippen molar-refractivity contribution in [1.29, 1.82) is 5.41 Å². The number of aryl methyl sites for hydroxylation is 2. The Labute approximate surface area is 562 Å². The lowest BCUT2D eigenvalue weighted by Crippen LogP contribution is -2.38. The predicted molar refractivity (Wildman–Crippen MR) is 363 cm³/mol. The maximum atomic E-state index is 12.4. The number of amides is 3. The largest absolute Gasteiger partial charge is 0.491 e. The van der Waals surface area contributed by atoms with E-state index in [1.165, 1.54) is 5.56 Å². The van der Waals surface area contributed by atoms with E-state index in [1.54, 1.807) is 0 Å². The summed E-state index contributed by atoms with van der Waals surface area (Å²) in [6.45, 7) is 14.3. The average Bonchev–Trinajstić information content (AvgIpc) is 0.866.